The second-order valence-electron chi connectivity index (χ2n) is 7.32. The molecule has 29 heavy (non-hydrogen) atoms. The molecule has 1 aromatic carbocycles. The Labute approximate surface area is 167 Å². The lowest BCUT2D eigenvalue weighted by Gasteiger charge is -2.29. The van der Waals surface area contributed by atoms with Gasteiger partial charge in [0.25, 0.3) is 5.91 Å². The molecule has 0 radical (unpaired) electrons. The highest BCUT2D eigenvalue weighted by Crippen LogP contribution is 2.30. The number of amides is 1. The molecule has 1 amide bonds. The van der Waals surface area contributed by atoms with Crippen molar-refractivity contribution in [2.45, 2.75) is 40.2 Å². The molecule has 4 rings (SSSR count). The summed E-state index contributed by atoms with van der Waals surface area (Å²) in [4.78, 5) is 25.5. The summed E-state index contributed by atoms with van der Waals surface area (Å²) in [5.74, 6) is 0.0258. The predicted molar refractivity (Wildman–Crippen MR) is 105 cm³/mol. The lowest BCUT2D eigenvalue weighted by molar-refractivity contribution is -0.389. The maximum atomic E-state index is 13.3. The van der Waals surface area contributed by atoms with E-state index in [1.165, 1.54) is 10.7 Å². The van der Waals surface area contributed by atoms with E-state index in [2.05, 4.69) is 16.3 Å². The van der Waals surface area contributed by atoms with Gasteiger partial charge in [0.15, 0.2) is 5.69 Å². The Balaban J connectivity index is 1.68. The van der Waals surface area contributed by atoms with Crippen LogP contribution in [0, 0.1) is 30.9 Å². The number of carbonyl (C=O) groups excluding carboxylic acids is 1. The smallest absolute Gasteiger partial charge is 0.361 e. The normalized spacial score (nSPS) is 13.4. The Morgan fingerprint density at radius 3 is 2.79 bits per heavy atom. The molecule has 3 aromatic rings. The summed E-state index contributed by atoms with van der Waals surface area (Å²) in [6, 6.07) is 7.46. The van der Waals surface area contributed by atoms with Gasteiger partial charge in [0.1, 0.15) is 5.76 Å². The molecule has 0 atom stereocenters. The first-order valence-corrected chi connectivity index (χ1v) is 9.40. The fraction of sp³-hybridized carbons (Fsp3) is 0.350. The fourth-order valence-electron chi connectivity index (χ4n) is 3.70. The Hall–Kier alpha value is -3.49. The average Bonchev–Trinajstić information content (AvgIpc) is 3.24. The molecular formula is C20H21N5O4. The van der Waals surface area contributed by atoms with Crippen molar-refractivity contribution in [2.24, 2.45) is 0 Å². The number of anilines is 1. The molecule has 2 aromatic heterocycles. The molecule has 0 aliphatic carbocycles. The van der Waals surface area contributed by atoms with Crippen LogP contribution in [0.4, 0.5) is 11.5 Å². The molecule has 0 unspecified atom stereocenters. The first-order chi connectivity index (χ1) is 13.8. The van der Waals surface area contributed by atoms with E-state index in [-0.39, 0.29) is 24.0 Å². The number of aryl methyl sites for hydroxylation is 4. The summed E-state index contributed by atoms with van der Waals surface area (Å²) >= 11 is 0. The van der Waals surface area contributed by atoms with Crippen molar-refractivity contribution in [3.8, 4) is 0 Å². The van der Waals surface area contributed by atoms with Gasteiger partial charge in [-0.05, 0) is 50.2 Å². The number of fused-ring (bicyclic) bond motifs is 1. The lowest BCUT2D eigenvalue weighted by Crippen LogP contribution is -2.36. The molecule has 9 nitrogen and oxygen atoms in total. The Morgan fingerprint density at radius 1 is 1.28 bits per heavy atom. The predicted octanol–water partition coefficient (Wildman–Crippen LogP) is 3.35. The fourth-order valence-corrected chi connectivity index (χ4v) is 3.70. The lowest BCUT2D eigenvalue weighted by atomic mass is 9.99. The summed E-state index contributed by atoms with van der Waals surface area (Å²) in [5, 5.41) is 19.0. The summed E-state index contributed by atoms with van der Waals surface area (Å²) < 4.78 is 6.80. The molecule has 0 fully saturated rings. The molecule has 0 N–H and O–H groups in total. The number of benzene rings is 1. The van der Waals surface area contributed by atoms with Crippen molar-refractivity contribution in [1.29, 1.82) is 0 Å². The first kappa shape index (κ1) is 18.9. The van der Waals surface area contributed by atoms with E-state index in [0.29, 0.717) is 23.6 Å². The third-order valence-corrected chi connectivity index (χ3v) is 5.25. The van der Waals surface area contributed by atoms with E-state index in [0.717, 1.165) is 29.7 Å². The summed E-state index contributed by atoms with van der Waals surface area (Å²) in [5.41, 5.74) is 4.61. The minimum atomic E-state index is -0.539. The van der Waals surface area contributed by atoms with Gasteiger partial charge in [-0.25, -0.2) is 0 Å². The average molecular weight is 395 g/mol. The number of nitro groups is 1. The van der Waals surface area contributed by atoms with Crippen LogP contribution in [0.25, 0.3) is 0 Å². The van der Waals surface area contributed by atoms with Crippen molar-refractivity contribution in [2.75, 3.05) is 11.4 Å². The second kappa shape index (κ2) is 7.16. The highest BCUT2D eigenvalue weighted by molar-refractivity contribution is 6.06. The van der Waals surface area contributed by atoms with Gasteiger partial charge >= 0.3 is 5.82 Å². The van der Waals surface area contributed by atoms with Crippen LogP contribution in [0.3, 0.4) is 0 Å². The van der Waals surface area contributed by atoms with Gasteiger partial charge in [-0.15, -0.1) is 0 Å². The van der Waals surface area contributed by atoms with E-state index in [1.54, 1.807) is 18.7 Å². The van der Waals surface area contributed by atoms with Gasteiger partial charge < -0.3 is 19.5 Å². The molecule has 0 spiro atoms. The third kappa shape index (κ3) is 3.39. The Morgan fingerprint density at radius 2 is 2.07 bits per heavy atom. The number of hydrogen-bond donors (Lipinski definition) is 0. The van der Waals surface area contributed by atoms with Crippen molar-refractivity contribution in [3.63, 3.8) is 0 Å². The quantitative estimate of drug-likeness (QED) is 0.495. The zero-order chi connectivity index (χ0) is 20.7. The van der Waals surface area contributed by atoms with Gasteiger partial charge in [-0.1, -0.05) is 22.9 Å². The summed E-state index contributed by atoms with van der Waals surface area (Å²) in [6.45, 7) is 6.26. The maximum absolute atomic E-state index is 13.3. The van der Waals surface area contributed by atoms with E-state index in [9.17, 15) is 14.9 Å². The van der Waals surface area contributed by atoms with E-state index < -0.39 is 4.92 Å². The van der Waals surface area contributed by atoms with Crippen molar-refractivity contribution in [1.82, 2.24) is 14.9 Å². The minimum absolute atomic E-state index is 0.171. The van der Waals surface area contributed by atoms with Crippen molar-refractivity contribution >= 4 is 17.4 Å². The second-order valence-corrected chi connectivity index (χ2v) is 7.32. The van der Waals surface area contributed by atoms with E-state index >= 15 is 0 Å². The zero-order valence-corrected chi connectivity index (χ0v) is 16.5. The molecule has 1 aliphatic heterocycles. The SMILES string of the molecule is Cc1ccc2c(c1)CCCN2C(=O)c1noc(C)c1Cn1nc([N+](=O)[O-])cc1C. The number of hydrogen-bond acceptors (Lipinski definition) is 6. The highest BCUT2D eigenvalue weighted by atomic mass is 16.6. The van der Waals surface area contributed by atoms with E-state index in [1.807, 2.05) is 19.1 Å². The number of carbonyl (C=O) groups is 1. The molecule has 3 heterocycles. The zero-order valence-electron chi connectivity index (χ0n) is 16.5. The monoisotopic (exact) mass is 395 g/mol. The van der Waals surface area contributed by atoms with Crippen LogP contribution in [0.5, 0.6) is 0 Å². The molecule has 1 aliphatic rings. The van der Waals surface area contributed by atoms with Gasteiger partial charge in [0.05, 0.1) is 29.0 Å². The standard InChI is InChI=1S/C20H21N5O4/c1-12-6-7-17-15(9-12)5-4-8-23(17)20(26)19-16(14(3)29-22-19)11-24-13(2)10-18(21-24)25(27)28/h6-7,9-10H,4-5,8,11H2,1-3H3. The Kier molecular flexibility index (Phi) is 4.65. The van der Waals surface area contributed by atoms with Crippen LogP contribution < -0.4 is 4.90 Å². The summed E-state index contributed by atoms with van der Waals surface area (Å²) in [6.07, 6.45) is 1.81. The number of aromatic nitrogens is 3. The first-order valence-electron chi connectivity index (χ1n) is 9.40. The molecule has 0 bridgehead atoms. The van der Waals surface area contributed by atoms with Gasteiger partial charge in [-0.2, -0.15) is 4.68 Å². The number of rotatable bonds is 4. The molecule has 0 saturated heterocycles. The minimum Gasteiger partial charge on any atom is -0.361 e. The molecule has 9 heteroatoms. The van der Waals surface area contributed by atoms with Crippen LogP contribution in [0.1, 0.15) is 45.1 Å². The van der Waals surface area contributed by atoms with Crippen LogP contribution in [-0.4, -0.2) is 32.3 Å². The third-order valence-electron chi connectivity index (χ3n) is 5.25. The van der Waals surface area contributed by atoms with Crippen LogP contribution in [-0.2, 0) is 13.0 Å². The molecule has 150 valence electrons. The van der Waals surface area contributed by atoms with Gasteiger partial charge in [-0.3, -0.25) is 4.79 Å². The summed E-state index contributed by atoms with van der Waals surface area (Å²) in [7, 11) is 0. The van der Waals surface area contributed by atoms with Crippen LogP contribution >= 0.6 is 0 Å². The molecule has 0 saturated carbocycles. The Bertz CT molecular complexity index is 1110. The van der Waals surface area contributed by atoms with Crippen LogP contribution in [0.15, 0.2) is 28.8 Å². The maximum Gasteiger partial charge on any atom is 0.390 e. The van der Waals surface area contributed by atoms with Crippen molar-refractivity contribution < 1.29 is 14.2 Å². The highest BCUT2D eigenvalue weighted by Gasteiger charge is 2.30. The molecular weight excluding hydrogens is 374 g/mol. The van der Waals surface area contributed by atoms with E-state index in [4.69, 9.17) is 4.52 Å². The topological polar surface area (TPSA) is 107 Å². The van der Waals surface area contributed by atoms with Crippen LogP contribution in [0.2, 0.25) is 0 Å². The largest absolute Gasteiger partial charge is 0.390 e. The number of nitrogens with zero attached hydrogens (tertiary/aromatic N) is 5. The van der Waals surface area contributed by atoms with Crippen molar-refractivity contribution in [3.05, 3.63) is 68.2 Å². The van der Waals surface area contributed by atoms with Gasteiger partial charge in [0, 0.05) is 12.2 Å². The van der Waals surface area contributed by atoms with Gasteiger partial charge in [0.2, 0.25) is 0 Å².